The van der Waals surface area contributed by atoms with E-state index in [4.69, 9.17) is 0 Å². The Morgan fingerprint density at radius 2 is 1.85 bits per heavy atom. The fourth-order valence-corrected chi connectivity index (χ4v) is 2.73. The van der Waals surface area contributed by atoms with Gasteiger partial charge in [-0.1, -0.05) is 43.3 Å². The predicted octanol–water partition coefficient (Wildman–Crippen LogP) is 4.27. The molecule has 0 aliphatic rings. The van der Waals surface area contributed by atoms with Crippen molar-refractivity contribution in [2.45, 2.75) is 26.7 Å². The van der Waals surface area contributed by atoms with Crippen LogP contribution in [-0.4, -0.2) is 15.9 Å². The Morgan fingerprint density at radius 3 is 2.58 bits per heavy atom. The van der Waals surface area contributed by atoms with Gasteiger partial charge < -0.3 is 10.6 Å². The largest absolute Gasteiger partial charge is 0.340 e. The van der Waals surface area contributed by atoms with Crippen LogP contribution >= 0.6 is 0 Å². The molecular formula is C21H22N4O. The third-order valence-electron chi connectivity index (χ3n) is 4.05. The summed E-state index contributed by atoms with van der Waals surface area (Å²) >= 11 is 0. The molecule has 0 unspecified atom stereocenters. The Labute approximate surface area is 153 Å². The Bertz CT molecular complexity index is 894. The van der Waals surface area contributed by atoms with Crippen molar-refractivity contribution in [2.24, 2.45) is 0 Å². The molecule has 132 valence electrons. The molecule has 0 spiro atoms. The highest BCUT2D eigenvalue weighted by Crippen LogP contribution is 2.24. The van der Waals surface area contributed by atoms with Gasteiger partial charge in [-0.3, -0.25) is 4.79 Å². The SMILES string of the molecule is CCc1ccc(Nc2cc(C)ncn2)cc1NC(=O)Cc1ccccc1. The standard InChI is InChI=1S/C21H22N4O/c1-3-17-9-10-18(24-20-11-15(2)22-14-23-20)13-19(17)25-21(26)12-16-7-5-4-6-8-16/h4-11,13-14H,3,12H2,1-2H3,(H,25,26)(H,22,23,24). The molecule has 26 heavy (non-hydrogen) atoms. The van der Waals surface area contributed by atoms with Gasteiger partial charge in [0, 0.05) is 23.1 Å². The van der Waals surface area contributed by atoms with Crippen LogP contribution in [0, 0.1) is 6.92 Å². The fraction of sp³-hybridized carbons (Fsp3) is 0.190. The van der Waals surface area contributed by atoms with Crippen molar-refractivity contribution in [3.63, 3.8) is 0 Å². The van der Waals surface area contributed by atoms with Gasteiger partial charge in [-0.25, -0.2) is 9.97 Å². The third kappa shape index (κ3) is 4.66. The van der Waals surface area contributed by atoms with E-state index in [0.29, 0.717) is 6.42 Å². The second kappa shape index (κ2) is 8.25. The molecule has 0 radical (unpaired) electrons. The number of hydrogen-bond acceptors (Lipinski definition) is 4. The molecule has 2 aromatic carbocycles. The number of benzene rings is 2. The lowest BCUT2D eigenvalue weighted by Gasteiger charge is -2.13. The molecule has 5 nitrogen and oxygen atoms in total. The van der Waals surface area contributed by atoms with Crippen molar-refractivity contribution in [2.75, 3.05) is 10.6 Å². The Hall–Kier alpha value is -3.21. The number of nitrogens with one attached hydrogen (secondary N) is 2. The van der Waals surface area contributed by atoms with E-state index in [0.717, 1.165) is 40.4 Å². The second-order valence-corrected chi connectivity index (χ2v) is 6.11. The van der Waals surface area contributed by atoms with Crippen molar-refractivity contribution in [1.29, 1.82) is 0 Å². The zero-order valence-corrected chi connectivity index (χ0v) is 15.0. The van der Waals surface area contributed by atoms with E-state index < -0.39 is 0 Å². The molecule has 0 aliphatic heterocycles. The number of carbonyl (C=O) groups is 1. The normalized spacial score (nSPS) is 10.4. The van der Waals surface area contributed by atoms with Gasteiger partial charge >= 0.3 is 0 Å². The number of nitrogens with zero attached hydrogens (tertiary/aromatic N) is 2. The minimum absolute atomic E-state index is 0.0269. The van der Waals surface area contributed by atoms with Crippen LogP contribution in [0.4, 0.5) is 17.2 Å². The first-order valence-corrected chi connectivity index (χ1v) is 8.66. The van der Waals surface area contributed by atoms with Gasteiger partial charge in [-0.05, 0) is 36.6 Å². The van der Waals surface area contributed by atoms with Gasteiger partial charge in [-0.2, -0.15) is 0 Å². The van der Waals surface area contributed by atoms with Crippen molar-refractivity contribution in [3.8, 4) is 0 Å². The second-order valence-electron chi connectivity index (χ2n) is 6.11. The summed E-state index contributed by atoms with van der Waals surface area (Å²) in [6.45, 7) is 3.99. The van der Waals surface area contributed by atoms with E-state index in [1.165, 1.54) is 6.33 Å². The maximum atomic E-state index is 12.4. The van der Waals surface area contributed by atoms with Gasteiger partial charge in [0.1, 0.15) is 12.1 Å². The molecule has 0 atom stereocenters. The van der Waals surface area contributed by atoms with E-state index in [1.807, 2.05) is 61.5 Å². The van der Waals surface area contributed by atoms with Crippen molar-refractivity contribution < 1.29 is 4.79 Å². The van der Waals surface area contributed by atoms with Crippen LogP contribution < -0.4 is 10.6 Å². The number of rotatable bonds is 6. The Morgan fingerprint density at radius 1 is 1.04 bits per heavy atom. The highest BCUT2D eigenvalue weighted by Gasteiger charge is 2.09. The Kier molecular flexibility index (Phi) is 5.59. The lowest BCUT2D eigenvalue weighted by molar-refractivity contribution is -0.115. The molecule has 0 saturated heterocycles. The van der Waals surface area contributed by atoms with Gasteiger partial charge in [0.15, 0.2) is 0 Å². The molecule has 2 N–H and O–H groups in total. The van der Waals surface area contributed by atoms with E-state index >= 15 is 0 Å². The van der Waals surface area contributed by atoms with E-state index in [1.54, 1.807) is 0 Å². The summed E-state index contributed by atoms with van der Waals surface area (Å²) in [6.07, 6.45) is 2.72. The minimum atomic E-state index is -0.0269. The number of anilines is 3. The van der Waals surface area contributed by atoms with Crippen molar-refractivity contribution >= 4 is 23.1 Å². The van der Waals surface area contributed by atoms with Crippen molar-refractivity contribution in [3.05, 3.63) is 77.7 Å². The highest BCUT2D eigenvalue weighted by atomic mass is 16.1. The predicted molar refractivity (Wildman–Crippen MR) is 105 cm³/mol. The molecule has 3 rings (SSSR count). The van der Waals surface area contributed by atoms with Gasteiger partial charge in [-0.15, -0.1) is 0 Å². The minimum Gasteiger partial charge on any atom is -0.340 e. The average molecular weight is 346 g/mol. The molecule has 0 fully saturated rings. The first-order valence-electron chi connectivity index (χ1n) is 8.66. The van der Waals surface area contributed by atoms with Gasteiger partial charge in [0.25, 0.3) is 0 Å². The molecule has 1 aromatic heterocycles. The third-order valence-corrected chi connectivity index (χ3v) is 4.05. The maximum absolute atomic E-state index is 12.4. The lowest BCUT2D eigenvalue weighted by Crippen LogP contribution is -2.15. The maximum Gasteiger partial charge on any atom is 0.228 e. The Balaban J connectivity index is 1.76. The average Bonchev–Trinajstić information content (AvgIpc) is 2.63. The number of aryl methyl sites for hydroxylation is 2. The fourth-order valence-electron chi connectivity index (χ4n) is 2.73. The first kappa shape index (κ1) is 17.6. The number of hydrogen-bond donors (Lipinski definition) is 2. The lowest BCUT2D eigenvalue weighted by atomic mass is 10.1. The number of amides is 1. The number of aromatic nitrogens is 2. The smallest absolute Gasteiger partial charge is 0.228 e. The zero-order chi connectivity index (χ0) is 18.4. The quantitative estimate of drug-likeness (QED) is 0.699. The summed E-state index contributed by atoms with van der Waals surface area (Å²) in [5.74, 6) is 0.698. The van der Waals surface area contributed by atoms with Crippen LogP contribution in [0.15, 0.2) is 60.9 Å². The molecule has 0 saturated carbocycles. The molecule has 1 amide bonds. The van der Waals surface area contributed by atoms with E-state index in [2.05, 4.69) is 27.5 Å². The van der Waals surface area contributed by atoms with E-state index in [9.17, 15) is 4.79 Å². The van der Waals surface area contributed by atoms with Crippen LogP contribution in [0.2, 0.25) is 0 Å². The van der Waals surface area contributed by atoms with Crippen LogP contribution in [-0.2, 0) is 17.6 Å². The topological polar surface area (TPSA) is 66.9 Å². The molecule has 1 heterocycles. The van der Waals surface area contributed by atoms with Crippen LogP contribution in [0.3, 0.4) is 0 Å². The first-order chi connectivity index (χ1) is 12.6. The van der Waals surface area contributed by atoms with Crippen molar-refractivity contribution in [1.82, 2.24) is 9.97 Å². The van der Waals surface area contributed by atoms with Crippen LogP contribution in [0.5, 0.6) is 0 Å². The summed E-state index contributed by atoms with van der Waals surface area (Å²) in [4.78, 5) is 20.7. The zero-order valence-electron chi connectivity index (χ0n) is 15.0. The van der Waals surface area contributed by atoms with Gasteiger partial charge in [0.2, 0.25) is 5.91 Å². The summed E-state index contributed by atoms with van der Waals surface area (Å²) in [6, 6.07) is 17.6. The van der Waals surface area contributed by atoms with Crippen LogP contribution in [0.25, 0.3) is 0 Å². The number of carbonyl (C=O) groups excluding carboxylic acids is 1. The molecular weight excluding hydrogens is 324 g/mol. The van der Waals surface area contributed by atoms with Crippen LogP contribution in [0.1, 0.15) is 23.7 Å². The molecule has 0 bridgehead atoms. The molecule has 0 aliphatic carbocycles. The summed E-state index contributed by atoms with van der Waals surface area (Å²) < 4.78 is 0. The summed E-state index contributed by atoms with van der Waals surface area (Å²) in [5, 5.41) is 6.29. The monoisotopic (exact) mass is 346 g/mol. The van der Waals surface area contributed by atoms with Gasteiger partial charge in [0.05, 0.1) is 6.42 Å². The van der Waals surface area contributed by atoms with E-state index in [-0.39, 0.29) is 5.91 Å². The summed E-state index contributed by atoms with van der Waals surface area (Å²) in [7, 11) is 0. The molecule has 3 aromatic rings. The summed E-state index contributed by atoms with van der Waals surface area (Å²) in [5.41, 5.74) is 4.67. The highest BCUT2D eigenvalue weighted by molar-refractivity contribution is 5.93. The molecule has 5 heteroatoms.